The number of hydrogen-bond acceptors (Lipinski definition) is 4. The van der Waals surface area contributed by atoms with Crippen LogP contribution in [0.1, 0.15) is 21.7 Å². The molecule has 134 valence electrons. The quantitative estimate of drug-likeness (QED) is 0.553. The summed E-state index contributed by atoms with van der Waals surface area (Å²) in [6, 6.07) is 2.72. The van der Waals surface area contributed by atoms with E-state index in [2.05, 4.69) is 17.0 Å². The van der Waals surface area contributed by atoms with E-state index in [9.17, 15) is 14.7 Å². The van der Waals surface area contributed by atoms with E-state index < -0.39 is 17.9 Å². The lowest BCUT2D eigenvalue weighted by Gasteiger charge is -2.16. The van der Waals surface area contributed by atoms with Gasteiger partial charge in [0.15, 0.2) is 6.04 Å². The van der Waals surface area contributed by atoms with Gasteiger partial charge in [-0.1, -0.05) is 6.08 Å². The van der Waals surface area contributed by atoms with Gasteiger partial charge in [-0.25, -0.2) is 4.79 Å². The molecular formula is C17H22N4O4. The molecule has 1 amide bonds. The molecule has 2 heterocycles. The lowest BCUT2D eigenvalue weighted by Crippen LogP contribution is -2.44. The molecule has 0 radical (unpaired) electrons. The number of amides is 1. The van der Waals surface area contributed by atoms with Crippen molar-refractivity contribution in [1.82, 2.24) is 19.7 Å². The Morgan fingerprint density at radius 3 is 2.60 bits per heavy atom. The van der Waals surface area contributed by atoms with Crippen LogP contribution in [-0.2, 0) is 16.6 Å². The molecule has 0 bridgehead atoms. The Bertz CT molecular complexity index is 771. The second-order valence-corrected chi connectivity index (χ2v) is 5.65. The zero-order chi connectivity index (χ0) is 18.6. The molecule has 1 atom stereocenters. The molecule has 2 aromatic heterocycles. The van der Waals surface area contributed by atoms with Crippen molar-refractivity contribution in [1.29, 1.82) is 0 Å². The summed E-state index contributed by atoms with van der Waals surface area (Å²) in [4.78, 5) is 24.0. The Labute approximate surface area is 145 Å². The standard InChI is InChI=1S/C17H22N4O4/c1-5-8-25-10-14(17(23)24)19-15(22)13-9-18-20(4)16(13)21-11(2)6-7-12(21)3/h5-7,9,14H,1,8,10H2,2-4H3,(H,19,22)(H,23,24). The normalized spacial score (nSPS) is 12.0. The fourth-order valence-electron chi connectivity index (χ4n) is 2.54. The van der Waals surface area contributed by atoms with Gasteiger partial charge >= 0.3 is 5.97 Å². The van der Waals surface area contributed by atoms with Crippen molar-refractivity contribution in [2.24, 2.45) is 7.05 Å². The Hall–Kier alpha value is -2.87. The first kappa shape index (κ1) is 18.5. The number of aliphatic carboxylic acids is 1. The summed E-state index contributed by atoms with van der Waals surface area (Å²) in [6.45, 7) is 7.40. The highest BCUT2D eigenvalue weighted by atomic mass is 16.5. The molecule has 0 saturated heterocycles. The molecule has 0 saturated carbocycles. The number of carbonyl (C=O) groups excluding carboxylic acids is 1. The molecule has 25 heavy (non-hydrogen) atoms. The van der Waals surface area contributed by atoms with Gasteiger partial charge in [-0.05, 0) is 26.0 Å². The van der Waals surface area contributed by atoms with Crippen LogP contribution in [0, 0.1) is 13.8 Å². The summed E-state index contributed by atoms with van der Waals surface area (Å²) >= 11 is 0. The van der Waals surface area contributed by atoms with Crippen LogP contribution in [0.3, 0.4) is 0 Å². The monoisotopic (exact) mass is 346 g/mol. The van der Waals surface area contributed by atoms with E-state index in [0.717, 1.165) is 11.4 Å². The third-order valence-corrected chi connectivity index (χ3v) is 3.76. The van der Waals surface area contributed by atoms with Crippen molar-refractivity contribution in [2.75, 3.05) is 13.2 Å². The fourth-order valence-corrected chi connectivity index (χ4v) is 2.54. The topological polar surface area (TPSA) is 98.4 Å². The number of ether oxygens (including phenoxy) is 1. The lowest BCUT2D eigenvalue weighted by molar-refractivity contribution is -0.140. The number of carboxylic acid groups (broad SMARTS) is 1. The Morgan fingerprint density at radius 2 is 2.04 bits per heavy atom. The smallest absolute Gasteiger partial charge is 0.328 e. The highest BCUT2D eigenvalue weighted by Crippen LogP contribution is 2.19. The van der Waals surface area contributed by atoms with Crippen LogP contribution < -0.4 is 5.32 Å². The molecule has 8 nitrogen and oxygen atoms in total. The molecule has 2 N–H and O–H groups in total. The molecule has 2 aromatic rings. The van der Waals surface area contributed by atoms with Crippen molar-refractivity contribution in [3.8, 4) is 5.82 Å². The number of hydrogen-bond donors (Lipinski definition) is 2. The molecule has 0 aliphatic carbocycles. The van der Waals surface area contributed by atoms with E-state index >= 15 is 0 Å². The molecule has 0 spiro atoms. The van der Waals surface area contributed by atoms with Gasteiger partial charge in [-0.2, -0.15) is 5.10 Å². The first-order valence-electron chi connectivity index (χ1n) is 7.76. The molecule has 0 aromatic carbocycles. The van der Waals surface area contributed by atoms with Gasteiger partial charge in [-0.3, -0.25) is 9.48 Å². The SMILES string of the molecule is C=CCOCC(NC(=O)c1cnn(C)c1-n1c(C)ccc1C)C(=O)O. The summed E-state index contributed by atoms with van der Waals surface area (Å²) in [6.07, 6.45) is 2.94. The van der Waals surface area contributed by atoms with E-state index in [1.807, 2.05) is 30.5 Å². The van der Waals surface area contributed by atoms with Gasteiger partial charge in [-0.15, -0.1) is 6.58 Å². The van der Waals surface area contributed by atoms with Crippen LogP contribution in [0.25, 0.3) is 5.82 Å². The second-order valence-electron chi connectivity index (χ2n) is 5.65. The first-order chi connectivity index (χ1) is 11.9. The average molecular weight is 346 g/mol. The Balaban J connectivity index is 2.28. The summed E-state index contributed by atoms with van der Waals surface area (Å²) in [7, 11) is 1.73. The maximum Gasteiger partial charge on any atom is 0.328 e. The van der Waals surface area contributed by atoms with E-state index in [0.29, 0.717) is 11.4 Å². The molecule has 1 unspecified atom stereocenters. The molecular weight excluding hydrogens is 324 g/mol. The van der Waals surface area contributed by atoms with Crippen molar-refractivity contribution in [3.05, 3.63) is 47.9 Å². The van der Waals surface area contributed by atoms with E-state index in [-0.39, 0.29) is 13.2 Å². The maximum absolute atomic E-state index is 12.6. The third-order valence-electron chi connectivity index (χ3n) is 3.76. The predicted octanol–water partition coefficient (Wildman–Crippen LogP) is 1.21. The van der Waals surface area contributed by atoms with Gasteiger partial charge in [0, 0.05) is 18.4 Å². The van der Waals surface area contributed by atoms with Crippen molar-refractivity contribution in [3.63, 3.8) is 0 Å². The number of aromatic nitrogens is 3. The number of rotatable bonds is 8. The van der Waals surface area contributed by atoms with Crippen LogP contribution in [-0.4, -0.2) is 50.6 Å². The van der Waals surface area contributed by atoms with Crippen LogP contribution >= 0.6 is 0 Å². The predicted molar refractivity (Wildman–Crippen MR) is 91.9 cm³/mol. The van der Waals surface area contributed by atoms with Crippen LogP contribution in [0.2, 0.25) is 0 Å². The summed E-state index contributed by atoms with van der Waals surface area (Å²) in [5, 5.41) is 15.9. The average Bonchev–Trinajstić information content (AvgIpc) is 3.08. The third kappa shape index (κ3) is 3.97. The van der Waals surface area contributed by atoms with Gasteiger partial charge in [0.2, 0.25) is 0 Å². The van der Waals surface area contributed by atoms with E-state index in [1.54, 1.807) is 11.7 Å². The summed E-state index contributed by atoms with van der Waals surface area (Å²) < 4.78 is 8.63. The van der Waals surface area contributed by atoms with Crippen LogP contribution in [0.4, 0.5) is 0 Å². The summed E-state index contributed by atoms with van der Waals surface area (Å²) in [5.74, 6) is -1.12. The molecule has 8 heteroatoms. The molecule has 0 fully saturated rings. The number of nitrogens with zero attached hydrogens (tertiary/aromatic N) is 3. The van der Waals surface area contributed by atoms with E-state index in [1.165, 1.54) is 12.3 Å². The van der Waals surface area contributed by atoms with E-state index in [4.69, 9.17) is 4.74 Å². The van der Waals surface area contributed by atoms with Crippen LogP contribution in [0.15, 0.2) is 31.0 Å². The molecule has 0 aliphatic rings. The van der Waals surface area contributed by atoms with Gasteiger partial charge < -0.3 is 19.7 Å². The minimum absolute atomic E-state index is 0.149. The van der Waals surface area contributed by atoms with Gasteiger partial charge in [0.1, 0.15) is 11.4 Å². The summed E-state index contributed by atoms with van der Waals surface area (Å²) in [5.41, 5.74) is 2.18. The number of carbonyl (C=O) groups is 2. The largest absolute Gasteiger partial charge is 0.480 e. The second kappa shape index (κ2) is 7.80. The van der Waals surface area contributed by atoms with Gasteiger partial charge in [0.05, 0.1) is 19.4 Å². The first-order valence-corrected chi connectivity index (χ1v) is 7.76. The minimum Gasteiger partial charge on any atom is -0.480 e. The van der Waals surface area contributed by atoms with Crippen molar-refractivity contribution >= 4 is 11.9 Å². The Morgan fingerprint density at radius 1 is 1.40 bits per heavy atom. The molecule has 2 rings (SSSR count). The minimum atomic E-state index is -1.17. The lowest BCUT2D eigenvalue weighted by atomic mass is 10.2. The number of nitrogens with one attached hydrogen (secondary N) is 1. The Kier molecular flexibility index (Phi) is 5.76. The molecule has 0 aliphatic heterocycles. The highest BCUT2D eigenvalue weighted by molar-refractivity contribution is 5.99. The van der Waals surface area contributed by atoms with Crippen LogP contribution in [0.5, 0.6) is 0 Å². The fraction of sp³-hybridized carbons (Fsp3) is 0.353. The zero-order valence-electron chi connectivity index (χ0n) is 14.5. The van der Waals surface area contributed by atoms with Crippen molar-refractivity contribution < 1.29 is 19.4 Å². The van der Waals surface area contributed by atoms with Crippen molar-refractivity contribution in [2.45, 2.75) is 19.9 Å². The maximum atomic E-state index is 12.6. The number of aryl methyl sites for hydroxylation is 3. The van der Waals surface area contributed by atoms with Gasteiger partial charge in [0.25, 0.3) is 5.91 Å². The zero-order valence-corrected chi connectivity index (χ0v) is 14.5. The highest BCUT2D eigenvalue weighted by Gasteiger charge is 2.25. The number of carboxylic acids is 1.